The minimum atomic E-state index is -1.61. The topological polar surface area (TPSA) is 171 Å². The number of oxime groups is 1. The molecule has 0 spiro atoms. The zero-order valence-electron chi connectivity index (χ0n) is 16.9. The summed E-state index contributed by atoms with van der Waals surface area (Å²) in [5.41, 5.74) is 4.31. The summed E-state index contributed by atoms with van der Waals surface area (Å²) in [5.74, 6) is -4.10. The third kappa shape index (κ3) is 5.59. The lowest BCUT2D eigenvalue weighted by atomic mass is 9.74. The fraction of sp³-hybridized carbons (Fsp3) is 0.529. The molecule has 3 N–H and O–H groups in total. The van der Waals surface area contributed by atoms with Crippen LogP contribution in [0.5, 0.6) is 0 Å². The number of aromatic nitrogens is 1. The number of carboxylic acid groups (broad SMARTS) is 1. The quantitative estimate of drug-likeness (QED) is 0.194. The van der Waals surface area contributed by atoms with E-state index in [0.717, 1.165) is 23.3 Å². The van der Waals surface area contributed by atoms with Gasteiger partial charge in [0.15, 0.2) is 29.3 Å². The van der Waals surface area contributed by atoms with Gasteiger partial charge in [-0.15, -0.1) is 11.3 Å². The molecular weight excluding hydrogens is 439 g/mol. The van der Waals surface area contributed by atoms with Crippen LogP contribution in [0.25, 0.3) is 0 Å². The number of nitrogens with two attached hydrogens (primary N) is 1. The molecule has 2 heterocycles. The maximum Gasteiger partial charge on any atom is 0.344 e. The van der Waals surface area contributed by atoms with Gasteiger partial charge in [0, 0.05) is 11.8 Å². The number of ketones is 2. The van der Waals surface area contributed by atoms with Crippen LogP contribution in [0.1, 0.15) is 32.9 Å². The van der Waals surface area contributed by atoms with Crippen molar-refractivity contribution in [2.75, 3.05) is 19.2 Å². The third-order valence-electron chi connectivity index (χ3n) is 4.38. The molecule has 1 aromatic rings. The number of amides is 1. The zero-order valence-corrected chi connectivity index (χ0v) is 17.7. The highest BCUT2D eigenvalue weighted by Gasteiger charge is 2.57. The molecule has 1 fully saturated rings. The molecule has 31 heavy (non-hydrogen) atoms. The van der Waals surface area contributed by atoms with E-state index in [1.54, 1.807) is 13.8 Å². The molecule has 0 bridgehead atoms. The highest BCUT2D eigenvalue weighted by molar-refractivity contribution is 7.13. The van der Waals surface area contributed by atoms with Crippen molar-refractivity contribution in [3.8, 4) is 0 Å². The van der Waals surface area contributed by atoms with Crippen LogP contribution in [0.4, 0.5) is 9.52 Å². The fourth-order valence-corrected chi connectivity index (χ4v) is 3.32. The number of carbonyl (C=O) groups excluding carboxylic acids is 3. The first-order chi connectivity index (χ1) is 14.5. The molecule has 1 aromatic heterocycles. The summed E-state index contributed by atoms with van der Waals surface area (Å²) in [7, 11) is 0. The van der Waals surface area contributed by atoms with Gasteiger partial charge >= 0.3 is 5.97 Å². The number of alkyl halides is 1. The molecule has 1 amide bonds. The van der Waals surface area contributed by atoms with E-state index >= 15 is 0 Å². The van der Waals surface area contributed by atoms with E-state index in [0.29, 0.717) is 0 Å². The number of ether oxygens (including phenoxy) is 1. The summed E-state index contributed by atoms with van der Waals surface area (Å²) >= 11 is 1.03. The number of hydrogen-bond donors (Lipinski definition) is 2. The number of carboxylic acids is 1. The average Bonchev–Trinajstić information content (AvgIpc) is 3.11. The molecule has 2 rings (SSSR count). The normalized spacial score (nSPS) is 19.0. The molecule has 2 atom stereocenters. The van der Waals surface area contributed by atoms with Gasteiger partial charge in [0.2, 0.25) is 12.9 Å². The molecule has 14 heteroatoms. The van der Waals surface area contributed by atoms with Crippen molar-refractivity contribution < 1.29 is 43.1 Å². The van der Waals surface area contributed by atoms with Crippen molar-refractivity contribution in [1.29, 1.82) is 0 Å². The van der Waals surface area contributed by atoms with Crippen molar-refractivity contribution in [2.24, 2.45) is 11.1 Å². The molecule has 0 radical (unpaired) electrons. The van der Waals surface area contributed by atoms with Gasteiger partial charge < -0.3 is 20.4 Å². The lowest BCUT2D eigenvalue weighted by Gasteiger charge is -2.52. The maximum atomic E-state index is 12.8. The monoisotopic (exact) mass is 460 g/mol. The molecule has 1 aliphatic rings. The van der Waals surface area contributed by atoms with E-state index in [9.17, 15) is 23.6 Å². The van der Waals surface area contributed by atoms with Crippen LogP contribution in [0.15, 0.2) is 10.5 Å². The Labute approximate surface area is 179 Å². The molecule has 170 valence electrons. The predicted molar refractivity (Wildman–Crippen MR) is 103 cm³/mol. The first kappa shape index (κ1) is 24.3. The van der Waals surface area contributed by atoms with Crippen LogP contribution in [0.2, 0.25) is 0 Å². The number of carbonyl (C=O) groups is 4. The summed E-state index contributed by atoms with van der Waals surface area (Å²) in [5, 5.41) is 14.7. The van der Waals surface area contributed by atoms with Crippen LogP contribution < -0.4 is 5.73 Å². The number of nitrogen functional groups attached to an aromatic ring is 1. The number of hydrogen-bond acceptors (Lipinski definition) is 11. The van der Waals surface area contributed by atoms with Crippen LogP contribution in [0, 0.1) is 5.92 Å². The van der Waals surface area contributed by atoms with Crippen LogP contribution >= 0.6 is 11.3 Å². The molecule has 1 aliphatic heterocycles. The second-order valence-electron chi connectivity index (χ2n) is 6.97. The molecule has 1 unspecified atom stereocenters. The first-order valence-electron chi connectivity index (χ1n) is 8.84. The van der Waals surface area contributed by atoms with Gasteiger partial charge in [-0.3, -0.25) is 14.4 Å². The van der Waals surface area contributed by atoms with E-state index in [4.69, 9.17) is 15.7 Å². The summed E-state index contributed by atoms with van der Waals surface area (Å²) in [6.07, 6.45) is -1.95. The van der Waals surface area contributed by atoms with Crippen molar-refractivity contribution in [2.45, 2.75) is 39.0 Å². The molecule has 12 nitrogen and oxygen atoms in total. The Morgan fingerprint density at radius 2 is 2.13 bits per heavy atom. The van der Waals surface area contributed by atoms with Gasteiger partial charge in [0.25, 0.3) is 5.91 Å². The van der Waals surface area contributed by atoms with Crippen LogP contribution in [0.3, 0.4) is 0 Å². The largest absolute Gasteiger partial charge is 0.479 e. The van der Waals surface area contributed by atoms with Crippen molar-refractivity contribution >= 4 is 45.6 Å². The van der Waals surface area contributed by atoms with Crippen molar-refractivity contribution in [3.05, 3.63) is 11.1 Å². The first-order valence-corrected chi connectivity index (χ1v) is 9.72. The number of halogens is 1. The zero-order chi connectivity index (χ0) is 23.3. The van der Waals surface area contributed by atoms with Crippen molar-refractivity contribution in [3.63, 3.8) is 0 Å². The summed E-state index contributed by atoms with van der Waals surface area (Å²) in [6.45, 7) is 2.20. The molecule has 0 saturated carbocycles. The number of Topliss-reactive ketones (excluding diaryl/α,β-unsaturated/α-hetero) is 2. The minimum absolute atomic E-state index is 0.0727. The third-order valence-corrected chi connectivity index (χ3v) is 5.06. The van der Waals surface area contributed by atoms with Crippen LogP contribution in [-0.4, -0.2) is 69.6 Å². The Kier molecular flexibility index (Phi) is 7.75. The lowest BCUT2D eigenvalue weighted by Crippen LogP contribution is -2.69. The molecular formula is C17H21FN4O8S. The minimum Gasteiger partial charge on any atom is -0.479 e. The van der Waals surface area contributed by atoms with Gasteiger partial charge in [0.05, 0.1) is 11.5 Å². The highest BCUT2D eigenvalue weighted by Crippen LogP contribution is 2.40. The number of nitrogens with zero attached hydrogens (tertiary/aromatic N) is 3. The van der Waals surface area contributed by atoms with E-state index < -0.39 is 54.7 Å². The molecule has 0 aliphatic carbocycles. The second kappa shape index (κ2) is 9.89. The van der Waals surface area contributed by atoms with Crippen LogP contribution in [-0.2, 0) is 33.6 Å². The molecule has 1 saturated heterocycles. The van der Waals surface area contributed by atoms with Crippen molar-refractivity contribution in [1.82, 2.24) is 10.0 Å². The lowest BCUT2D eigenvalue weighted by molar-refractivity contribution is -0.324. The van der Waals surface area contributed by atoms with Gasteiger partial charge in [-0.05, 0) is 20.8 Å². The number of hydroxylamine groups is 2. The molecule has 0 aromatic carbocycles. The Bertz CT molecular complexity index is 902. The standard InChI is InChI=1S/C17H21FN4O8S/c1-8(23)15(28-7-18)30-22-14(27)9(17(22,2)3)4-11(24)13(21-29-5-12(25)26)10-6-31-16(19)20-10/h6,9,15H,4-5,7H2,1-3H3,(H2,19,20)(H,25,26)/b21-13-/t9-,15?/m1/s1. The maximum absolute atomic E-state index is 12.8. The van der Waals surface area contributed by atoms with Gasteiger partial charge in [-0.2, -0.15) is 0 Å². The van der Waals surface area contributed by atoms with E-state index in [1.165, 1.54) is 5.38 Å². The number of thiazole rings is 1. The number of aliphatic carboxylic acids is 1. The Morgan fingerprint density at radius 1 is 1.45 bits per heavy atom. The summed E-state index contributed by atoms with van der Waals surface area (Å²) < 4.78 is 17.0. The van der Waals surface area contributed by atoms with E-state index in [2.05, 4.69) is 19.7 Å². The average molecular weight is 460 g/mol. The van der Waals surface area contributed by atoms with Gasteiger partial charge in [-0.25, -0.2) is 24.1 Å². The summed E-state index contributed by atoms with van der Waals surface area (Å²) in [6, 6.07) is 0. The Balaban J connectivity index is 2.15. The van der Waals surface area contributed by atoms with Gasteiger partial charge in [0.1, 0.15) is 5.69 Å². The number of β-lactam (4-membered cyclic amide) rings is 1. The summed E-state index contributed by atoms with van der Waals surface area (Å²) in [4.78, 5) is 61.3. The highest BCUT2D eigenvalue weighted by atomic mass is 32.1. The smallest absolute Gasteiger partial charge is 0.344 e. The second-order valence-corrected chi connectivity index (χ2v) is 7.86. The predicted octanol–water partition coefficient (Wildman–Crippen LogP) is 0.517. The number of anilines is 1. The van der Waals surface area contributed by atoms with E-state index in [1.807, 2.05) is 0 Å². The fourth-order valence-electron chi connectivity index (χ4n) is 2.77. The number of rotatable bonds is 12. The SMILES string of the molecule is CC(=O)C(OCF)ON1C(=O)[C@@H](CC(=O)/C(=N\OCC(=O)O)c2csc(N)n2)C1(C)C. The van der Waals surface area contributed by atoms with Gasteiger partial charge in [-0.1, -0.05) is 5.16 Å². The van der Waals surface area contributed by atoms with E-state index in [-0.39, 0.29) is 23.0 Å². The Hall–Kier alpha value is -2.97. The Morgan fingerprint density at radius 3 is 2.61 bits per heavy atom.